The van der Waals surface area contributed by atoms with Crippen molar-refractivity contribution in [1.82, 2.24) is 24.9 Å². The topological polar surface area (TPSA) is 73.8 Å². The van der Waals surface area contributed by atoms with Gasteiger partial charge < -0.3 is 14.8 Å². The minimum atomic E-state index is -4.62. The first-order valence-electron chi connectivity index (χ1n) is 8.21. The van der Waals surface area contributed by atoms with E-state index in [2.05, 4.69) is 29.8 Å². The summed E-state index contributed by atoms with van der Waals surface area (Å²) in [6, 6.07) is 5.69. The molecule has 7 nitrogen and oxygen atoms in total. The standard InChI is InChI=1S/C16H16F3N7/c17-16(18,19)15-23-13-12(21-10-22-13)14(24-15)26-7-3-6-25(8-9-26)11-4-1-2-5-20-11/h1-2,4-5,10H,3,6-9H2,(H,21,22,23,24). The molecule has 0 spiro atoms. The fourth-order valence-electron chi connectivity index (χ4n) is 3.07. The molecule has 0 aliphatic carbocycles. The molecule has 1 aliphatic heterocycles. The molecule has 1 saturated heterocycles. The molecule has 4 heterocycles. The van der Waals surface area contributed by atoms with Crippen LogP contribution in [0.25, 0.3) is 11.2 Å². The number of nitrogens with zero attached hydrogens (tertiary/aromatic N) is 6. The third-order valence-corrected chi connectivity index (χ3v) is 4.29. The van der Waals surface area contributed by atoms with Crippen molar-refractivity contribution in [3.63, 3.8) is 0 Å². The Kier molecular flexibility index (Phi) is 4.09. The predicted octanol–water partition coefficient (Wildman–Crippen LogP) is 2.48. The second-order valence-electron chi connectivity index (χ2n) is 5.99. The first kappa shape index (κ1) is 16.6. The molecule has 0 saturated carbocycles. The van der Waals surface area contributed by atoms with Gasteiger partial charge in [0.05, 0.1) is 6.33 Å². The molecule has 3 aromatic rings. The molecule has 0 bridgehead atoms. The van der Waals surface area contributed by atoms with Gasteiger partial charge in [-0.3, -0.25) is 0 Å². The third-order valence-electron chi connectivity index (χ3n) is 4.29. The van der Waals surface area contributed by atoms with E-state index in [1.54, 1.807) is 6.20 Å². The van der Waals surface area contributed by atoms with Crippen molar-refractivity contribution in [2.45, 2.75) is 12.6 Å². The third kappa shape index (κ3) is 3.14. The number of H-pyrrole nitrogens is 1. The molecule has 4 rings (SSSR count). The number of pyridine rings is 1. The second-order valence-corrected chi connectivity index (χ2v) is 5.99. The van der Waals surface area contributed by atoms with Crippen LogP contribution in [-0.4, -0.2) is 51.1 Å². The lowest BCUT2D eigenvalue weighted by atomic mass is 10.3. The Balaban J connectivity index is 1.64. The summed E-state index contributed by atoms with van der Waals surface area (Å²) < 4.78 is 39.4. The molecule has 26 heavy (non-hydrogen) atoms. The van der Waals surface area contributed by atoms with E-state index >= 15 is 0 Å². The Morgan fingerprint density at radius 3 is 2.54 bits per heavy atom. The number of aromatic amines is 1. The summed E-state index contributed by atoms with van der Waals surface area (Å²) >= 11 is 0. The highest BCUT2D eigenvalue weighted by Crippen LogP contribution is 2.31. The number of aromatic nitrogens is 5. The molecule has 0 radical (unpaired) electrons. The summed E-state index contributed by atoms with van der Waals surface area (Å²) in [5.41, 5.74) is 0.442. The van der Waals surface area contributed by atoms with E-state index < -0.39 is 12.0 Å². The van der Waals surface area contributed by atoms with Crippen molar-refractivity contribution in [3.8, 4) is 0 Å². The molecule has 0 amide bonds. The summed E-state index contributed by atoms with van der Waals surface area (Å²) in [6.45, 7) is 2.53. The van der Waals surface area contributed by atoms with Crippen LogP contribution < -0.4 is 9.80 Å². The highest BCUT2D eigenvalue weighted by atomic mass is 19.4. The van der Waals surface area contributed by atoms with Gasteiger partial charge >= 0.3 is 6.18 Å². The number of alkyl halides is 3. The van der Waals surface area contributed by atoms with Crippen molar-refractivity contribution in [2.24, 2.45) is 0 Å². The zero-order valence-electron chi connectivity index (χ0n) is 13.7. The van der Waals surface area contributed by atoms with Gasteiger partial charge in [0.1, 0.15) is 11.3 Å². The number of nitrogens with one attached hydrogen (secondary N) is 1. The van der Waals surface area contributed by atoms with Gasteiger partial charge in [0.15, 0.2) is 11.5 Å². The molecule has 136 valence electrons. The fraction of sp³-hybridized carbons (Fsp3) is 0.375. The van der Waals surface area contributed by atoms with Crippen molar-refractivity contribution in [3.05, 3.63) is 36.5 Å². The lowest BCUT2D eigenvalue weighted by Gasteiger charge is -2.24. The van der Waals surface area contributed by atoms with Gasteiger partial charge in [-0.1, -0.05) is 6.07 Å². The maximum Gasteiger partial charge on any atom is 0.451 e. The fourth-order valence-corrected chi connectivity index (χ4v) is 3.07. The summed E-state index contributed by atoms with van der Waals surface area (Å²) in [5, 5.41) is 0. The Morgan fingerprint density at radius 2 is 1.77 bits per heavy atom. The van der Waals surface area contributed by atoms with Crippen LogP contribution in [0.15, 0.2) is 30.7 Å². The first-order valence-corrected chi connectivity index (χ1v) is 8.21. The molecule has 0 aromatic carbocycles. The Bertz CT molecular complexity index is 894. The Morgan fingerprint density at radius 1 is 0.962 bits per heavy atom. The van der Waals surface area contributed by atoms with Crippen LogP contribution >= 0.6 is 0 Å². The van der Waals surface area contributed by atoms with Crippen LogP contribution in [0.2, 0.25) is 0 Å². The Labute approximate surface area is 146 Å². The van der Waals surface area contributed by atoms with E-state index in [0.717, 1.165) is 18.8 Å². The van der Waals surface area contributed by atoms with Crippen LogP contribution in [0, 0.1) is 0 Å². The van der Waals surface area contributed by atoms with E-state index in [4.69, 9.17) is 0 Å². The average Bonchev–Trinajstić information content (AvgIpc) is 2.97. The lowest BCUT2D eigenvalue weighted by Crippen LogP contribution is -2.32. The molecule has 1 N–H and O–H groups in total. The normalized spacial score (nSPS) is 16.1. The SMILES string of the molecule is FC(F)(F)c1nc(N2CCCN(c3ccccn3)CC2)c2[nH]cnc2n1. The highest BCUT2D eigenvalue weighted by Gasteiger charge is 2.36. The van der Waals surface area contributed by atoms with Crippen molar-refractivity contribution >= 4 is 22.8 Å². The maximum absolute atomic E-state index is 13.1. The van der Waals surface area contributed by atoms with Gasteiger partial charge in [-0.05, 0) is 18.6 Å². The van der Waals surface area contributed by atoms with Crippen molar-refractivity contribution in [2.75, 3.05) is 36.0 Å². The van der Waals surface area contributed by atoms with Gasteiger partial charge in [-0.25, -0.2) is 19.9 Å². The number of halogens is 3. The minimum absolute atomic E-state index is 0.0214. The van der Waals surface area contributed by atoms with Gasteiger partial charge in [-0.15, -0.1) is 0 Å². The summed E-state index contributed by atoms with van der Waals surface area (Å²) in [5.74, 6) is -0.0691. The molecule has 10 heteroatoms. The van der Waals surface area contributed by atoms with E-state index in [9.17, 15) is 13.2 Å². The molecule has 1 aliphatic rings. The quantitative estimate of drug-likeness (QED) is 0.754. The van der Waals surface area contributed by atoms with Crippen molar-refractivity contribution in [1.29, 1.82) is 0 Å². The number of hydrogen-bond acceptors (Lipinski definition) is 6. The minimum Gasteiger partial charge on any atom is -0.355 e. The van der Waals surface area contributed by atoms with Gasteiger partial charge in [-0.2, -0.15) is 13.2 Å². The maximum atomic E-state index is 13.1. The van der Waals surface area contributed by atoms with Crippen LogP contribution in [0.4, 0.5) is 24.8 Å². The molecule has 3 aromatic heterocycles. The number of fused-ring (bicyclic) bond motifs is 1. The van der Waals surface area contributed by atoms with E-state index in [1.807, 2.05) is 23.1 Å². The number of hydrogen-bond donors (Lipinski definition) is 1. The summed E-state index contributed by atoms with van der Waals surface area (Å²) in [6.07, 6.45) is -0.779. The zero-order valence-corrected chi connectivity index (χ0v) is 13.7. The van der Waals surface area contributed by atoms with Crippen LogP contribution in [0.5, 0.6) is 0 Å². The number of anilines is 2. The first-order chi connectivity index (χ1) is 12.5. The van der Waals surface area contributed by atoms with Crippen LogP contribution in [0.1, 0.15) is 12.2 Å². The summed E-state index contributed by atoms with van der Waals surface area (Å²) in [7, 11) is 0. The summed E-state index contributed by atoms with van der Waals surface area (Å²) in [4.78, 5) is 22.4. The molecule has 1 fully saturated rings. The monoisotopic (exact) mass is 363 g/mol. The molecule has 0 atom stereocenters. The predicted molar refractivity (Wildman–Crippen MR) is 90.0 cm³/mol. The van der Waals surface area contributed by atoms with Crippen LogP contribution in [-0.2, 0) is 6.18 Å². The van der Waals surface area contributed by atoms with Crippen molar-refractivity contribution < 1.29 is 13.2 Å². The smallest absolute Gasteiger partial charge is 0.355 e. The van der Waals surface area contributed by atoms with Gasteiger partial charge in [0.2, 0.25) is 5.82 Å². The van der Waals surface area contributed by atoms with Crippen LogP contribution in [0.3, 0.4) is 0 Å². The van der Waals surface area contributed by atoms with Gasteiger partial charge in [0.25, 0.3) is 0 Å². The van der Waals surface area contributed by atoms with Gasteiger partial charge in [0, 0.05) is 32.4 Å². The average molecular weight is 363 g/mol. The zero-order chi connectivity index (χ0) is 18.1. The highest BCUT2D eigenvalue weighted by molar-refractivity contribution is 5.83. The molecule has 0 unspecified atom stereocenters. The number of rotatable bonds is 2. The molecular weight excluding hydrogens is 347 g/mol. The lowest BCUT2D eigenvalue weighted by molar-refractivity contribution is -0.144. The largest absolute Gasteiger partial charge is 0.451 e. The van der Waals surface area contributed by atoms with E-state index in [1.165, 1.54) is 6.33 Å². The van der Waals surface area contributed by atoms with E-state index in [0.29, 0.717) is 25.2 Å². The Hall–Kier alpha value is -2.91. The second kappa shape index (κ2) is 6.43. The number of imidazole rings is 1. The van der Waals surface area contributed by atoms with E-state index in [-0.39, 0.29) is 11.5 Å². The molecular formula is C16H16F3N7.